The van der Waals surface area contributed by atoms with Crippen molar-refractivity contribution in [3.8, 4) is 0 Å². The lowest BCUT2D eigenvalue weighted by Gasteiger charge is -2.17. The van der Waals surface area contributed by atoms with E-state index >= 15 is 0 Å². The van der Waals surface area contributed by atoms with Crippen LogP contribution in [0.3, 0.4) is 0 Å². The molecule has 5 heteroatoms. The number of hydrogen-bond donors (Lipinski definition) is 1. The molecule has 1 aromatic rings. The second-order valence-electron chi connectivity index (χ2n) is 4.20. The molecule has 5 nitrogen and oxygen atoms in total. The molecule has 0 bridgehead atoms. The van der Waals surface area contributed by atoms with Gasteiger partial charge in [0.2, 0.25) is 0 Å². The molecule has 0 aliphatic carbocycles. The van der Waals surface area contributed by atoms with Crippen LogP contribution in [0.4, 0.5) is 0 Å². The maximum Gasteiger partial charge on any atom is 0.147 e. The van der Waals surface area contributed by atoms with E-state index in [-0.39, 0.29) is 0 Å². The van der Waals surface area contributed by atoms with Crippen LogP contribution >= 0.6 is 0 Å². The van der Waals surface area contributed by atoms with Crippen molar-refractivity contribution < 1.29 is 4.74 Å². The Balaban J connectivity index is 1.76. The molecular weight excluding hydrogens is 192 g/mol. The monoisotopic (exact) mass is 208 g/mol. The van der Waals surface area contributed by atoms with Crippen LogP contribution in [0.25, 0.3) is 0 Å². The third kappa shape index (κ3) is 1.77. The number of ether oxygens (including phenoxy) is 1. The first-order valence-electron chi connectivity index (χ1n) is 5.67. The summed E-state index contributed by atoms with van der Waals surface area (Å²) in [6.45, 7) is 3.76. The molecule has 1 atom stereocenters. The second kappa shape index (κ2) is 3.90. The minimum Gasteiger partial charge on any atom is -0.378 e. The highest BCUT2D eigenvalue weighted by molar-refractivity contribution is 5.00. The molecule has 1 N–H and O–H groups in total. The first kappa shape index (κ1) is 9.30. The van der Waals surface area contributed by atoms with Crippen LogP contribution in [-0.4, -0.2) is 34.0 Å². The summed E-state index contributed by atoms with van der Waals surface area (Å²) in [5.74, 6) is 2.16. The van der Waals surface area contributed by atoms with E-state index < -0.39 is 0 Å². The summed E-state index contributed by atoms with van der Waals surface area (Å²) >= 11 is 0. The average Bonchev–Trinajstić information content (AvgIpc) is 2.89. The van der Waals surface area contributed by atoms with Gasteiger partial charge < -0.3 is 14.6 Å². The van der Waals surface area contributed by atoms with E-state index in [4.69, 9.17) is 4.74 Å². The predicted octanol–water partition coefficient (Wildman–Crippen LogP) is 0.103. The SMILES string of the molecule is C1COC(Cc2nnc3n2CCNC3)C1. The summed E-state index contributed by atoms with van der Waals surface area (Å²) in [5.41, 5.74) is 0. The van der Waals surface area contributed by atoms with Crippen molar-refractivity contribution in [2.45, 2.75) is 38.5 Å². The maximum atomic E-state index is 5.62. The minimum atomic E-state index is 0.369. The summed E-state index contributed by atoms with van der Waals surface area (Å²) in [7, 11) is 0. The van der Waals surface area contributed by atoms with Gasteiger partial charge in [0.1, 0.15) is 11.6 Å². The highest BCUT2D eigenvalue weighted by Gasteiger charge is 2.21. The topological polar surface area (TPSA) is 52.0 Å². The van der Waals surface area contributed by atoms with Gasteiger partial charge in [-0.05, 0) is 12.8 Å². The summed E-state index contributed by atoms with van der Waals surface area (Å²) in [5, 5.41) is 11.7. The number of aromatic nitrogens is 3. The minimum absolute atomic E-state index is 0.369. The molecule has 1 saturated heterocycles. The number of rotatable bonds is 2. The maximum absolute atomic E-state index is 5.62. The summed E-state index contributed by atoms with van der Waals surface area (Å²) in [6.07, 6.45) is 3.65. The Morgan fingerprint density at radius 1 is 1.47 bits per heavy atom. The summed E-state index contributed by atoms with van der Waals surface area (Å²) in [6, 6.07) is 0. The molecule has 0 spiro atoms. The van der Waals surface area contributed by atoms with Crippen molar-refractivity contribution in [2.75, 3.05) is 13.2 Å². The fourth-order valence-electron chi connectivity index (χ4n) is 2.31. The van der Waals surface area contributed by atoms with Crippen LogP contribution in [0.1, 0.15) is 24.5 Å². The number of fused-ring (bicyclic) bond motifs is 1. The first-order chi connectivity index (χ1) is 7.43. The van der Waals surface area contributed by atoms with Gasteiger partial charge >= 0.3 is 0 Å². The largest absolute Gasteiger partial charge is 0.378 e. The Morgan fingerprint density at radius 2 is 2.47 bits per heavy atom. The van der Waals surface area contributed by atoms with Gasteiger partial charge in [-0.1, -0.05) is 0 Å². The van der Waals surface area contributed by atoms with E-state index in [1.807, 2.05) is 0 Å². The molecular formula is C10H16N4O. The van der Waals surface area contributed by atoms with Crippen LogP contribution in [0.2, 0.25) is 0 Å². The Kier molecular flexibility index (Phi) is 2.42. The summed E-state index contributed by atoms with van der Waals surface area (Å²) < 4.78 is 7.85. The third-order valence-corrected chi connectivity index (χ3v) is 3.13. The molecule has 0 aromatic carbocycles. The van der Waals surface area contributed by atoms with Gasteiger partial charge in [-0.2, -0.15) is 0 Å². The van der Waals surface area contributed by atoms with Gasteiger partial charge in [-0.15, -0.1) is 10.2 Å². The van der Waals surface area contributed by atoms with Crippen molar-refractivity contribution in [1.82, 2.24) is 20.1 Å². The zero-order valence-corrected chi connectivity index (χ0v) is 8.78. The fourth-order valence-corrected chi connectivity index (χ4v) is 2.31. The lowest BCUT2D eigenvalue weighted by molar-refractivity contribution is 0.109. The molecule has 82 valence electrons. The Bertz CT molecular complexity index is 343. The van der Waals surface area contributed by atoms with E-state index in [0.717, 1.165) is 44.3 Å². The quantitative estimate of drug-likeness (QED) is 0.749. The Morgan fingerprint density at radius 3 is 3.33 bits per heavy atom. The van der Waals surface area contributed by atoms with Gasteiger partial charge in [-0.25, -0.2) is 0 Å². The van der Waals surface area contributed by atoms with Crippen LogP contribution < -0.4 is 5.32 Å². The molecule has 15 heavy (non-hydrogen) atoms. The average molecular weight is 208 g/mol. The smallest absolute Gasteiger partial charge is 0.147 e. The van der Waals surface area contributed by atoms with Gasteiger partial charge in [0.05, 0.1) is 12.6 Å². The van der Waals surface area contributed by atoms with Crippen LogP contribution in [0.5, 0.6) is 0 Å². The summed E-state index contributed by atoms with van der Waals surface area (Å²) in [4.78, 5) is 0. The number of nitrogens with one attached hydrogen (secondary N) is 1. The zero-order chi connectivity index (χ0) is 10.1. The van der Waals surface area contributed by atoms with Crippen LogP contribution in [-0.2, 0) is 24.2 Å². The zero-order valence-electron chi connectivity index (χ0n) is 8.78. The molecule has 1 fully saturated rings. The molecule has 1 aromatic heterocycles. The lowest BCUT2D eigenvalue weighted by atomic mass is 10.2. The second-order valence-corrected chi connectivity index (χ2v) is 4.20. The van der Waals surface area contributed by atoms with Crippen molar-refractivity contribution in [3.05, 3.63) is 11.6 Å². The van der Waals surface area contributed by atoms with E-state index in [0.29, 0.717) is 6.10 Å². The number of nitrogens with zero attached hydrogens (tertiary/aromatic N) is 3. The predicted molar refractivity (Wildman–Crippen MR) is 54.4 cm³/mol. The Labute approximate surface area is 88.8 Å². The molecule has 0 saturated carbocycles. The van der Waals surface area contributed by atoms with Crippen molar-refractivity contribution in [1.29, 1.82) is 0 Å². The first-order valence-corrected chi connectivity index (χ1v) is 5.67. The highest BCUT2D eigenvalue weighted by Crippen LogP contribution is 2.17. The molecule has 2 aliphatic rings. The normalized spacial score (nSPS) is 25.5. The van der Waals surface area contributed by atoms with Gasteiger partial charge in [0, 0.05) is 26.1 Å². The molecule has 0 radical (unpaired) electrons. The van der Waals surface area contributed by atoms with Crippen molar-refractivity contribution in [2.24, 2.45) is 0 Å². The van der Waals surface area contributed by atoms with Crippen molar-refractivity contribution in [3.63, 3.8) is 0 Å². The van der Waals surface area contributed by atoms with Gasteiger partial charge in [-0.3, -0.25) is 0 Å². The van der Waals surface area contributed by atoms with E-state index in [2.05, 4.69) is 20.1 Å². The standard InChI is InChI=1S/C10H16N4O/c1-2-8(15-5-1)6-9-12-13-10-7-11-3-4-14(9)10/h8,11H,1-7H2. The molecule has 3 rings (SSSR count). The fraction of sp³-hybridized carbons (Fsp3) is 0.800. The third-order valence-electron chi connectivity index (χ3n) is 3.13. The van der Waals surface area contributed by atoms with Gasteiger partial charge in [0.15, 0.2) is 0 Å². The molecule has 2 aliphatic heterocycles. The molecule has 0 amide bonds. The highest BCUT2D eigenvalue weighted by atomic mass is 16.5. The number of hydrogen-bond acceptors (Lipinski definition) is 4. The molecule has 3 heterocycles. The van der Waals surface area contributed by atoms with E-state index in [1.165, 1.54) is 12.8 Å². The van der Waals surface area contributed by atoms with E-state index in [9.17, 15) is 0 Å². The Hall–Kier alpha value is -0.940. The molecule has 1 unspecified atom stereocenters. The lowest BCUT2D eigenvalue weighted by Crippen LogP contribution is -2.29. The van der Waals surface area contributed by atoms with E-state index in [1.54, 1.807) is 0 Å². The van der Waals surface area contributed by atoms with Crippen molar-refractivity contribution >= 4 is 0 Å². The van der Waals surface area contributed by atoms with Gasteiger partial charge in [0.25, 0.3) is 0 Å². The van der Waals surface area contributed by atoms with Crippen LogP contribution in [0, 0.1) is 0 Å². The van der Waals surface area contributed by atoms with Crippen LogP contribution in [0.15, 0.2) is 0 Å².